The minimum Gasteiger partial charge on any atom is -0.375 e. The van der Waals surface area contributed by atoms with Crippen molar-refractivity contribution in [3.05, 3.63) is 0 Å². The van der Waals surface area contributed by atoms with E-state index in [2.05, 4.69) is 6.07 Å². The summed E-state index contributed by atoms with van der Waals surface area (Å²) in [5, 5.41) is 39.3. The van der Waals surface area contributed by atoms with Crippen LogP contribution in [0.1, 0.15) is 57.8 Å². The van der Waals surface area contributed by atoms with Gasteiger partial charge in [-0.15, -0.1) is 0 Å². The van der Waals surface area contributed by atoms with E-state index in [0.717, 1.165) is 32.1 Å². The number of rotatable bonds is 1. The van der Waals surface area contributed by atoms with Crippen molar-refractivity contribution < 1.29 is 10.2 Å². The van der Waals surface area contributed by atoms with Gasteiger partial charge in [-0.05, 0) is 50.4 Å². The van der Waals surface area contributed by atoms with Gasteiger partial charge >= 0.3 is 0 Å². The van der Waals surface area contributed by atoms with Crippen molar-refractivity contribution in [2.45, 2.75) is 75.0 Å². The Morgan fingerprint density at radius 2 is 1.48 bits per heavy atom. The molecule has 0 aromatic rings. The molecule has 0 amide bonds. The fraction of sp³-hybridized carbons (Fsp3) is 0.875. The molecule has 0 heterocycles. The van der Waals surface area contributed by atoms with Crippen LogP contribution in [0.4, 0.5) is 0 Å². The van der Waals surface area contributed by atoms with Crippen LogP contribution < -0.4 is 5.73 Å². The normalized spacial score (nSPS) is 44.9. The zero-order chi connectivity index (χ0) is 15.5. The molecule has 0 radical (unpaired) electrons. The third-order valence-electron chi connectivity index (χ3n) is 5.21. The van der Waals surface area contributed by atoms with Crippen molar-refractivity contribution in [1.29, 1.82) is 10.5 Å². The molecule has 2 rings (SSSR count). The molecular formula is C16H25N3O2. The van der Waals surface area contributed by atoms with E-state index in [9.17, 15) is 20.7 Å². The van der Waals surface area contributed by atoms with E-state index in [1.54, 1.807) is 0 Å². The van der Waals surface area contributed by atoms with Crippen molar-refractivity contribution in [2.75, 3.05) is 0 Å². The van der Waals surface area contributed by atoms with E-state index < -0.39 is 11.2 Å². The van der Waals surface area contributed by atoms with Gasteiger partial charge in [0.05, 0.1) is 12.1 Å². The molecule has 116 valence electrons. The molecule has 0 bridgehead atoms. The SMILES string of the molecule is N#CC1(O)CCCCC(C2CCC(N)CC(O)(C#N)C2)C1. The van der Waals surface area contributed by atoms with Crippen molar-refractivity contribution in [3.63, 3.8) is 0 Å². The Bertz CT molecular complexity index is 455. The first-order valence-electron chi connectivity index (χ1n) is 7.92. The Kier molecular flexibility index (Phi) is 4.88. The van der Waals surface area contributed by atoms with Gasteiger partial charge in [-0.1, -0.05) is 12.8 Å². The molecule has 0 aliphatic heterocycles. The van der Waals surface area contributed by atoms with E-state index in [4.69, 9.17) is 5.73 Å². The lowest BCUT2D eigenvalue weighted by atomic mass is 9.76. The molecule has 2 fully saturated rings. The lowest BCUT2D eigenvalue weighted by Gasteiger charge is -2.31. The van der Waals surface area contributed by atoms with Crippen molar-refractivity contribution in [2.24, 2.45) is 17.6 Å². The minimum atomic E-state index is -1.36. The van der Waals surface area contributed by atoms with Gasteiger partial charge in [-0.3, -0.25) is 0 Å². The molecule has 2 saturated carbocycles. The highest BCUT2D eigenvalue weighted by Gasteiger charge is 2.41. The molecule has 2 aliphatic carbocycles. The average Bonchev–Trinajstić information content (AvgIpc) is 2.74. The fourth-order valence-corrected chi connectivity index (χ4v) is 4.04. The Balaban J connectivity index is 2.15. The van der Waals surface area contributed by atoms with Crippen LogP contribution in [-0.2, 0) is 0 Å². The summed E-state index contributed by atoms with van der Waals surface area (Å²) in [6.45, 7) is 0. The summed E-state index contributed by atoms with van der Waals surface area (Å²) in [5.74, 6) is 0.337. The second kappa shape index (κ2) is 6.32. The van der Waals surface area contributed by atoms with Crippen LogP contribution in [0.2, 0.25) is 0 Å². The Labute approximate surface area is 126 Å². The number of hydrogen-bond donors (Lipinski definition) is 3. The molecule has 5 atom stereocenters. The van der Waals surface area contributed by atoms with E-state index in [-0.39, 0.29) is 17.9 Å². The Morgan fingerprint density at radius 1 is 0.857 bits per heavy atom. The average molecular weight is 291 g/mol. The van der Waals surface area contributed by atoms with E-state index in [0.29, 0.717) is 25.7 Å². The van der Waals surface area contributed by atoms with Crippen LogP contribution >= 0.6 is 0 Å². The molecule has 0 aromatic heterocycles. The van der Waals surface area contributed by atoms with Crippen molar-refractivity contribution >= 4 is 0 Å². The maximum absolute atomic E-state index is 10.4. The topological polar surface area (TPSA) is 114 Å². The van der Waals surface area contributed by atoms with Gasteiger partial charge in [-0.25, -0.2) is 0 Å². The minimum absolute atomic E-state index is 0.153. The molecule has 5 heteroatoms. The standard InChI is InChI=1S/C16H25N3O2/c17-10-15(20)6-2-1-3-12(7-15)13-4-5-14(19)9-16(21,8-13)11-18/h12-14,20-21H,1-9,19H2. The molecule has 5 nitrogen and oxygen atoms in total. The van der Waals surface area contributed by atoms with Gasteiger partial charge < -0.3 is 15.9 Å². The number of nitriles is 2. The summed E-state index contributed by atoms with van der Waals surface area (Å²) in [6.07, 6.45) is 6.13. The third kappa shape index (κ3) is 3.95. The fourth-order valence-electron chi connectivity index (χ4n) is 4.04. The molecule has 21 heavy (non-hydrogen) atoms. The van der Waals surface area contributed by atoms with E-state index in [1.165, 1.54) is 0 Å². The zero-order valence-electron chi connectivity index (χ0n) is 12.5. The van der Waals surface area contributed by atoms with Gasteiger partial charge in [0.2, 0.25) is 0 Å². The van der Waals surface area contributed by atoms with E-state index in [1.807, 2.05) is 6.07 Å². The number of aliphatic hydroxyl groups is 2. The summed E-state index contributed by atoms with van der Waals surface area (Å²) in [4.78, 5) is 0. The highest BCUT2D eigenvalue weighted by molar-refractivity contribution is 5.07. The smallest absolute Gasteiger partial charge is 0.152 e. The Morgan fingerprint density at radius 3 is 2.14 bits per heavy atom. The lowest BCUT2D eigenvalue weighted by molar-refractivity contribution is 0.0301. The first-order valence-corrected chi connectivity index (χ1v) is 7.92. The van der Waals surface area contributed by atoms with Gasteiger partial charge in [0.1, 0.15) is 0 Å². The van der Waals surface area contributed by atoms with Crippen LogP contribution in [0.25, 0.3) is 0 Å². The molecule has 4 N–H and O–H groups in total. The number of nitrogens with zero attached hydrogens (tertiary/aromatic N) is 2. The molecule has 0 aromatic carbocycles. The first kappa shape index (κ1) is 16.2. The van der Waals surface area contributed by atoms with Crippen LogP contribution in [0, 0.1) is 34.5 Å². The van der Waals surface area contributed by atoms with Crippen molar-refractivity contribution in [3.8, 4) is 12.1 Å². The summed E-state index contributed by atoms with van der Waals surface area (Å²) < 4.78 is 0. The highest BCUT2D eigenvalue weighted by atomic mass is 16.3. The summed E-state index contributed by atoms with van der Waals surface area (Å²) in [6, 6.07) is 3.92. The molecular weight excluding hydrogens is 266 g/mol. The highest BCUT2D eigenvalue weighted by Crippen LogP contribution is 2.42. The van der Waals surface area contributed by atoms with E-state index >= 15 is 0 Å². The zero-order valence-corrected chi connectivity index (χ0v) is 12.5. The quantitative estimate of drug-likeness (QED) is 0.501. The number of hydrogen-bond acceptors (Lipinski definition) is 5. The molecule has 2 aliphatic rings. The van der Waals surface area contributed by atoms with Crippen LogP contribution in [0.15, 0.2) is 0 Å². The summed E-state index contributed by atoms with van der Waals surface area (Å²) in [7, 11) is 0. The van der Waals surface area contributed by atoms with Crippen LogP contribution in [0.5, 0.6) is 0 Å². The lowest BCUT2D eigenvalue weighted by Crippen LogP contribution is -2.36. The van der Waals surface area contributed by atoms with Gasteiger partial charge in [-0.2, -0.15) is 10.5 Å². The third-order valence-corrected chi connectivity index (χ3v) is 5.21. The van der Waals surface area contributed by atoms with Crippen LogP contribution in [0.3, 0.4) is 0 Å². The first-order chi connectivity index (χ1) is 9.90. The molecule has 5 unspecified atom stereocenters. The maximum Gasteiger partial charge on any atom is 0.152 e. The molecule has 0 spiro atoms. The van der Waals surface area contributed by atoms with Crippen molar-refractivity contribution in [1.82, 2.24) is 0 Å². The summed E-state index contributed by atoms with van der Waals surface area (Å²) >= 11 is 0. The largest absolute Gasteiger partial charge is 0.375 e. The second-order valence-electron chi connectivity index (χ2n) is 7.00. The number of nitrogens with two attached hydrogens (primary N) is 1. The second-order valence-corrected chi connectivity index (χ2v) is 7.00. The van der Waals surface area contributed by atoms with Gasteiger partial charge in [0.15, 0.2) is 11.2 Å². The monoisotopic (exact) mass is 291 g/mol. The molecule has 0 saturated heterocycles. The van der Waals surface area contributed by atoms with Gasteiger partial charge in [0.25, 0.3) is 0 Å². The summed E-state index contributed by atoms with van der Waals surface area (Å²) in [5.41, 5.74) is 3.36. The predicted molar refractivity (Wildman–Crippen MR) is 77.6 cm³/mol. The van der Waals surface area contributed by atoms with Gasteiger partial charge in [0, 0.05) is 12.5 Å². The maximum atomic E-state index is 10.4. The predicted octanol–water partition coefficient (Wildman–Crippen LogP) is 1.59. The van der Waals surface area contributed by atoms with Crippen LogP contribution in [-0.4, -0.2) is 27.5 Å². The Hall–Kier alpha value is -1.14.